The zero-order valence-electron chi connectivity index (χ0n) is 8.84. The molecule has 3 N–H and O–H groups in total. The average molecular weight is 260 g/mol. The minimum absolute atomic E-state index is 0. The van der Waals surface area contributed by atoms with Crippen molar-refractivity contribution in [2.24, 2.45) is 0 Å². The number of nitrogens with zero attached hydrogens (tertiary/aromatic N) is 1. The first-order valence-electron chi connectivity index (χ1n) is 3.24. The molecule has 0 spiro atoms. The molecule has 0 aliphatic carbocycles. The Bertz CT molecular complexity index is 150. The second-order valence-electron chi connectivity index (χ2n) is 3.23. The van der Waals surface area contributed by atoms with Crippen molar-refractivity contribution >= 4 is 7.82 Å². The zero-order chi connectivity index (χ0) is 10.4. The van der Waals surface area contributed by atoms with E-state index < -0.39 is 7.82 Å². The Kier molecular flexibility index (Phi) is 19.0. The summed E-state index contributed by atoms with van der Waals surface area (Å²) < 4.78 is 9.61. The largest absolute Gasteiger partial charge is 1.00 e. The van der Waals surface area contributed by atoms with E-state index in [9.17, 15) is 0 Å². The number of quaternary nitrogens is 1. The maximum Gasteiger partial charge on any atom is 1.00 e. The fourth-order valence-electron chi connectivity index (χ4n) is 0.300. The number of phosphoric acid groups is 1. The van der Waals surface area contributed by atoms with Gasteiger partial charge < -0.3 is 36.7 Å². The van der Waals surface area contributed by atoms with Crippen LogP contribution in [0, 0.1) is 0 Å². The number of hydrogen-bond donors (Lipinski definition) is 3. The van der Waals surface area contributed by atoms with Crippen LogP contribution in [0.25, 0.3) is 0 Å². The third-order valence-electron chi connectivity index (χ3n) is 0.771. The summed E-state index contributed by atoms with van der Waals surface area (Å²) in [6.45, 7) is 1.11. The van der Waals surface area contributed by atoms with Crippen LogP contribution >= 0.6 is 7.82 Å². The van der Waals surface area contributed by atoms with E-state index in [1.807, 2.05) is 0 Å². The maximum absolute atomic E-state index is 8.77. The molecule has 0 radical (unpaired) electrons. The Morgan fingerprint density at radius 3 is 1.50 bits per heavy atom. The Hall–Kier alpha value is 1.32. The van der Waals surface area contributed by atoms with E-state index in [1.165, 1.54) is 0 Å². The average Bonchev–Trinajstić information content (AvgIpc) is 1.54. The molecule has 0 heterocycles. The number of aliphatic hydroxyl groups excluding tert-OH is 1. The van der Waals surface area contributed by atoms with Crippen LogP contribution in [0.1, 0.15) is 0 Å². The van der Waals surface area contributed by atoms with E-state index >= 15 is 0 Å². The van der Waals surface area contributed by atoms with Gasteiger partial charge in [0.15, 0.2) is 0 Å². The monoisotopic (exact) mass is 259 g/mol. The summed E-state index contributed by atoms with van der Waals surface area (Å²) in [5.41, 5.74) is 0. The van der Waals surface area contributed by atoms with Crippen LogP contribution in [-0.4, -0.2) is 53.7 Å². The predicted octanol–water partition coefficient (Wildman–Crippen LogP) is -7.87. The summed E-state index contributed by atoms with van der Waals surface area (Å²) in [6, 6.07) is 0. The smallest absolute Gasteiger partial charge is 1.00 e. The van der Waals surface area contributed by atoms with Gasteiger partial charge in [0.05, 0.1) is 27.7 Å². The molecule has 0 rings (SSSR count). The molecule has 0 aromatic carbocycles. The van der Waals surface area contributed by atoms with E-state index in [2.05, 4.69) is 21.1 Å². The van der Waals surface area contributed by atoms with Crippen molar-refractivity contribution in [3.63, 3.8) is 0 Å². The van der Waals surface area contributed by atoms with Gasteiger partial charge in [-0.1, -0.05) is 0 Å². The molecule has 0 aromatic heterocycles. The summed E-state index contributed by atoms with van der Waals surface area (Å²) in [5, 5.41) is 8.39. The first-order chi connectivity index (χ1) is 5.06. The van der Waals surface area contributed by atoms with Crippen molar-refractivity contribution < 1.29 is 70.8 Å². The molecular weight excluding hydrogens is 243 g/mol. The predicted molar refractivity (Wildman–Crippen MR) is 42.0 cm³/mol. The molecule has 0 amide bonds. The normalized spacial score (nSPS) is 10.2. The third kappa shape index (κ3) is 71.4. The van der Waals surface area contributed by atoms with E-state index in [0.717, 1.165) is 11.0 Å². The van der Waals surface area contributed by atoms with E-state index in [0.29, 0.717) is 0 Å². The number of hydrogen-bond acceptors (Lipinski definition) is 3. The molecule has 9 heteroatoms. The number of halogens is 1. The summed E-state index contributed by atoms with van der Waals surface area (Å²) in [6.07, 6.45) is 0. The van der Waals surface area contributed by atoms with Gasteiger partial charge in [0.2, 0.25) is 0 Å². The fourth-order valence-corrected chi connectivity index (χ4v) is 0.300. The SMILES string of the molecule is C[N+](C)(C)CCO.O=P([O-])(O)O.[Cl-].[Na+]. The Labute approximate surface area is 112 Å². The van der Waals surface area contributed by atoms with Crippen molar-refractivity contribution in [2.45, 2.75) is 0 Å². The molecule has 0 atom stereocenters. The quantitative estimate of drug-likeness (QED) is 0.260. The van der Waals surface area contributed by atoms with E-state index in [4.69, 9.17) is 24.4 Å². The summed E-state index contributed by atoms with van der Waals surface area (Å²) >= 11 is 0. The van der Waals surface area contributed by atoms with Crippen LogP contribution in [0.15, 0.2) is 0 Å². The first kappa shape index (κ1) is 24.5. The van der Waals surface area contributed by atoms with Crippen LogP contribution in [0.4, 0.5) is 0 Å². The molecule has 0 aromatic rings. The van der Waals surface area contributed by atoms with Gasteiger partial charge in [-0.05, 0) is 0 Å². The molecule has 0 bridgehead atoms. The van der Waals surface area contributed by atoms with Gasteiger partial charge in [0.1, 0.15) is 6.54 Å². The van der Waals surface area contributed by atoms with Crippen molar-refractivity contribution in [1.29, 1.82) is 0 Å². The molecule has 0 aliphatic rings. The Morgan fingerprint density at radius 1 is 1.29 bits per heavy atom. The van der Waals surface area contributed by atoms with Gasteiger partial charge in [0.25, 0.3) is 7.82 Å². The van der Waals surface area contributed by atoms with Gasteiger partial charge in [-0.2, -0.15) is 0 Å². The van der Waals surface area contributed by atoms with Crippen LogP contribution in [-0.2, 0) is 4.57 Å². The molecule has 84 valence electrons. The standard InChI is InChI=1S/C5H14NO.ClH.Na.H3O4P/c1-6(2,3)4-5-7;;;1-5(2,3)4/h7H,4-5H2,1-3H3;1H;;(H3,1,2,3,4)/q+1;;+1;/p-2. The van der Waals surface area contributed by atoms with E-state index in [1.54, 1.807) is 0 Å². The third-order valence-corrected chi connectivity index (χ3v) is 0.771. The van der Waals surface area contributed by atoms with Crippen molar-refractivity contribution in [2.75, 3.05) is 34.3 Å². The number of rotatable bonds is 2. The summed E-state index contributed by atoms with van der Waals surface area (Å²) in [4.78, 5) is 22.9. The van der Waals surface area contributed by atoms with Gasteiger partial charge in [-0.25, -0.2) is 0 Å². The van der Waals surface area contributed by atoms with Crippen LogP contribution in [0.5, 0.6) is 0 Å². The van der Waals surface area contributed by atoms with E-state index in [-0.39, 0.29) is 48.6 Å². The number of likely N-dealkylation sites (N-methyl/N-ethyl adjacent to an activating group) is 1. The minimum Gasteiger partial charge on any atom is -1.00 e. The Morgan fingerprint density at radius 2 is 1.50 bits per heavy atom. The molecular formula is C5H16ClNNaO5P. The van der Waals surface area contributed by atoms with Gasteiger partial charge in [-0.15, -0.1) is 0 Å². The molecule has 14 heavy (non-hydrogen) atoms. The van der Waals surface area contributed by atoms with Gasteiger partial charge in [-0.3, -0.25) is 4.57 Å². The summed E-state index contributed by atoms with van der Waals surface area (Å²) in [7, 11) is 1.27. The second-order valence-corrected chi connectivity index (χ2v) is 4.21. The molecule has 0 fully saturated rings. The molecule has 0 saturated carbocycles. The maximum atomic E-state index is 8.77. The topological polar surface area (TPSA) is 101 Å². The fraction of sp³-hybridized carbons (Fsp3) is 1.00. The summed E-state index contributed by atoms with van der Waals surface area (Å²) in [5.74, 6) is 0. The second kappa shape index (κ2) is 10.8. The van der Waals surface area contributed by atoms with Crippen molar-refractivity contribution in [1.82, 2.24) is 0 Å². The van der Waals surface area contributed by atoms with Gasteiger partial charge >= 0.3 is 29.6 Å². The molecule has 0 unspecified atom stereocenters. The number of aliphatic hydroxyl groups is 1. The van der Waals surface area contributed by atoms with Crippen LogP contribution in [0.3, 0.4) is 0 Å². The minimum atomic E-state index is -4.89. The van der Waals surface area contributed by atoms with Crippen LogP contribution < -0.4 is 46.9 Å². The first-order valence-corrected chi connectivity index (χ1v) is 4.77. The Balaban J connectivity index is -0.0000000651. The van der Waals surface area contributed by atoms with Crippen molar-refractivity contribution in [3.8, 4) is 0 Å². The van der Waals surface area contributed by atoms with Crippen molar-refractivity contribution in [3.05, 3.63) is 0 Å². The zero-order valence-corrected chi connectivity index (χ0v) is 12.5. The molecule has 6 nitrogen and oxygen atoms in total. The molecule has 0 saturated heterocycles. The van der Waals surface area contributed by atoms with Crippen LogP contribution in [0.2, 0.25) is 0 Å². The van der Waals surface area contributed by atoms with Gasteiger partial charge in [0, 0.05) is 0 Å². The molecule has 0 aliphatic heterocycles.